The van der Waals surface area contributed by atoms with Gasteiger partial charge in [-0.3, -0.25) is 9.59 Å². The third-order valence-electron chi connectivity index (χ3n) is 6.27. The summed E-state index contributed by atoms with van der Waals surface area (Å²) in [4.78, 5) is 23.9. The topological polar surface area (TPSA) is 34.1 Å². The number of hydrogen-bond acceptors (Lipinski definition) is 2. The van der Waals surface area contributed by atoms with Gasteiger partial charge in [0.25, 0.3) is 0 Å². The molecular formula is C17H24O2. The lowest BCUT2D eigenvalue weighted by Crippen LogP contribution is -2.53. The Morgan fingerprint density at radius 1 is 1.05 bits per heavy atom. The Balaban J connectivity index is 2.01. The molecule has 2 saturated carbocycles. The van der Waals surface area contributed by atoms with Gasteiger partial charge in [0.15, 0.2) is 5.78 Å². The van der Waals surface area contributed by atoms with Crippen LogP contribution in [0.25, 0.3) is 0 Å². The van der Waals surface area contributed by atoms with Crippen LogP contribution in [0.15, 0.2) is 11.6 Å². The fourth-order valence-corrected chi connectivity index (χ4v) is 5.17. The van der Waals surface area contributed by atoms with E-state index in [-0.39, 0.29) is 10.8 Å². The first kappa shape index (κ1) is 13.1. The van der Waals surface area contributed by atoms with Crippen LogP contribution in [0.3, 0.4) is 0 Å². The van der Waals surface area contributed by atoms with E-state index < -0.39 is 0 Å². The van der Waals surface area contributed by atoms with Crippen LogP contribution in [0.5, 0.6) is 0 Å². The van der Waals surface area contributed by atoms with Crippen LogP contribution in [0.4, 0.5) is 0 Å². The third-order valence-corrected chi connectivity index (χ3v) is 6.27. The fourth-order valence-electron chi connectivity index (χ4n) is 5.17. The first-order valence-corrected chi connectivity index (χ1v) is 7.62. The molecule has 0 heterocycles. The number of carbonyl (C=O) groups excluding carboxylic acids is 2. The molecule has 19 heavy (non-hydrogen) atoms. The molecular weight excluding hydrogens is 236 g/mol. The van der Waals surface area contributed by atoms with E-state index in [1.807, 2.05) is 6.08 Å². The molecule has 104 valence electrons. The summed E-state index contributed by atoms with van der Waals surface area (Å²) in [5.74, 6) is 1.77. The van der Waals surface area contributed by atoms with Crippen molar-refractivity contribution in [1.29, 1.82) is 0 Å². The van der Waals surface area contributed by atoms with Gasteiger partial charge in [-0.2, -0.15) is 0 Å². The Morgan fingerprint density at radius 2 is 1.79 bits per heavy atom. The van der Waals surface area contributed by atoms with Crippen LogP contribution in [0, 0.1) is 22.7 Å². The molecule has 3 atom stereocenters. The van der Waals surface area contributed by atoms with Gasteiger partial charge in [-0.1, -0.05) is 26.3 Å². The molecule has 0 spiro atoms. The molecule has 0 amide bonds. The number of hydrogen-bond donors (Lipinski definition) is 0. The van der Waals surface area contributed by atoms with Crippen LogP contribution in [-0.4, -0.2) is 11.6 Å². The highest BCUT2D eigenvalue weighted by Gasteiger charge is 2.56. The summed E-state index contributed by atoms with van der Waals surface area (Å²) in [5, 5.41) is 0. The van der Waals surface area contributed by atoms with E-state index in [2.05, 4.69) is 20.8 Å². The zero-order valence-corrected chi connectivity index (χ0v) is 12.3. The molecule has 0 N–H and O–H groups in total. The van der Waals surface area contributed by atoms with Crippen LogP contribution in [0.1, 0.15) is 59.3 Å². The predicted molar refractivity (Wildman–Crippen MR) is 74.7 cm³/mol. The van der Waals surface area contributed by atoms with Crippen molar-refractivity contribution in [1.82, 2.24) is 0 Å². The van der Waals surface area contributed by atoms with Crippen molar-refractivity contribution in [2.24, 2.45) is 22.7 Å². The molecule has 2 heteroatoms. The second-order valence-electron chi connectivity index (χ2n) is 7.52. The highest BCUT2D eigenvalue weighted by atomic mass is 16.1. The molecule has 0 unspecified atom stereocenters. The highest BCUT2D eigenvalue weighted by molar-refractivity contribution is 5.91. The molecule has 0 aromatic carbocycles. The highest BCUT2D eigenvalue weighted by Crippen LogP contribution is 2.61. The lowest BCUT2D eigenvalue weighted by Gasteiger charge is -2.57. The molecule has 0 aromatic heterocycles. The number of fused-ring (bicyclic) bond motifs is 3. The van der Waals surface area contributed by atoms with Crippen LogP contribution < -0.4 is 0 Å². The monoisotopic (exact) mass is 260 g/mol. The normalized spacial score (nSPS) is 41.3. The summed E-state index contributed by atoms with van der Waals surface area (Å²) in [7, 11) is 0. The van der Waals surface area contributed by atoms with Gasteiger partial charge in [0.05, 0.1) is 0 Å². The van der Waals surface area contributed by atoms with Crippen molar-refractivity contribution in [3.63, 3.8) is 0 Å². The third kappa shape index (κ3) is 1.75. The van der Waals surface area contributed by atoms with Crippen LogP contribution in [-0.2, 0) is 9.59 Å². The van der Waals surface area contributed by atoms with Gasteiger partial charge in [0.2, 0.25) is 0 Å². The van der Waals surface area contributed by atoms with Crippen molar-refractivity contribution < 1.29 is 9.59 Å². The standard InChI is InChI=1S/C17H24O2/c1-16(2)14-7-4-11-10-12(18)5-6-13(11)17(14,3)9-8-15(16)19/h10,13-14H,4-9H2,1-3H3/t13-,14-,17+/m0/s1. The number of carbonyl (C=O) groups is 2. The SMILES string of the molecule is CC1(C)C(=O)CC[C@]2(C)[C@H]3CCC(=O)C=C3CC[C@@H]12. The van der Waals surface area contributed by atoms with E-state index in [9.17, 15) is 9.59 Å². The maximum absolute atomic E-state index is 12.3. The largest absolute Gasteiger partial charge is 0.299 e. The van der Waals surface area contributed by atoms with E-state index >= 15 is 0 Å². The smallest absolute Gasteiger partial charge is 0.155 e. The molecule has 2 fully saturated rings. The van der Waals surface area contributed by atoms with Gasteiger partial charge in [0.1, 0.15) is 5.78 Å². The van der Waals surface area contributed by atoms with E-state index in [4.69, 9.17) is 0 Å². The number of allylic oxidation sites excluding steroid dienone is 2. The maximum Gasteiger partial charge on any atom is 0.155 e. The molecule has 2 nitrogen and oxygen atoms in total. The fraction of sp³-hybridized carbons (Fsp3) is 0.765. The zero-order chi connectivity index (χ0) is 13.8. The molecule has 0 radical (unpaired) electrons. The quantitative estimate of drug-likeness (QED) is 0.665. The molecule has 0 aromatic rings. The Hall–Kier alpha value is -0.920. The first-order valence-electron chi connectivity index (χ1n) is 7.62. The van der Waals surface area contributed by atoms with Gasteiger partial charge in [-0.25, -0.2) is 0 Å². The van der Waals surface area contributed by atoms with Crippen LogP contribution in [0.2, 0.25) is 0 Å². The molecule has 0 saturated heterocycles. The minimum absolute atomic E-state index is 0.181. The average Bonchev–Trinajstić information content (AvgIpc) is 2.34. The Kier molecular flexibility index (Phi) is 2.78. The summed E-state index contributed by atoms with van der Waals surface area (Å²) >= 11 is 0. The second-order valence-corrected chi connectivity index (χ2v) is 7.52. The Labute approximate surface area is 115 Å². The molecule has 3 rings (SSSR count). The van der Waals surface area contributed by atoms with E-state index in [0.717, 1.165) is 32.1 Å². The van der Waals surface area contributed by atoms with Crippen LogP contribution >= 0.6 is 0 Å². The number of Topliss-reactive ketones (excluding diaryl/α,β-unsaturated/α-hetero) is 1. The zero-order valence-electron chi connectivity index (χ0n) is 12.3. The van der Waals surface area contributed by atoms with Gasteiger partial charge < -0.3 is 0 Å². The Bertz CT molecular complexity index is 472. The van der Waals surface area contributed by atoms with Gasteiger partial charge >= 0.3 is 0 Å². The van der Waals surface area contributed by atoms with E-state index in [0.29, 0.717) is 29.8 Å². The lowest BCUT2D eigenvalue weighted by atomic mass is 9.46. The molecule has 3 aliphatic carbocycles. The Morgan fingerprint density at radius 3 is 2.53 bits per heavy atom. The minimum Gasteiger partial charge on any atom is -0.299 e. The summed E-state index contributed by atoms with van der Waals surface area (Å²) in [6.45, 7) is 6.65. The first-order chi connectivity index (χ1) is 8.85. The van der Waals surface area contributed by atoms with E-state index in [1.165, 1.54) is 5.57 Å². The number of rotatable bonds is 0. The molecule has 3 aliphatic rings. The second kappa shape index (κ2) is 4.04. The van der Waals surface area contributed by atoms with Crippen molar-refractivity contribution in [3.8, 4) is 0 Å². The maximum atomic E-state index is 12.3. The number of ketones is 2. The van der Waals surface area contributed by atoms with Crippen molar-refractivity contribution >= 4 is 11.6 Å². The predicted octanol–water partition coefficient (Wildman–Crippen LogP) is 3.70. The summed E-state index contributed by atoms with van der Waals surface area (Å²) in [6, 6.07) is 0. The van der Waals surface area contributed by atoms with E-state index in [1.54, 1.807) is 0 Å². The summed E-state index contributed by atoms with van der Waals surface area (Å²) < 4.78 is 0. The summed E-state index contributed by atoms with van der Waals surface area (Å²) in [5.41, 5.74) is 1.42. The van der Waals surface area contributed by atoms with Crippen molar-refractivity contribution in [2.75, 3.05) is 0 Å². The van der Waals surface area contributed by atoms with Gasteiger partial charge in [-0.15, -0.1) is 0 Å². The van der Waals surface area contributed by atoms with Gasteiger partial charge in [-0.05, 0) is 49.0 Å². The van der Waals surface area contributed by atoms with Crippen molar-refractivity contribution in [2.45, 2.75) is 59.3 Å². The average molecular weight is 260 g/mol. The molecule has 0 aliphatic heterocycles. The van der Waals surface area contributed by atoms with Crippen molar-refractivity contribution in [3.05, 3.63) is 11.6 Å². The lowest BCUT2D eigenvalue weighted by molar-refractivity contribution is -0.145. The minimum atomic E-state index is -0.181. The summed E-state index contributed by atoms with van der Waals surface area (Å²) in [6.07, 6.45) is 7.44. The molecule has 0 bridgehead atoms. The van der Waals surface area contributed by atoms with Gasteiger partial charge in [0, 0.05) is 18.3 Å².